The molecule has 0 atom stereocenters. The van der Waals surface area contributed by atoms with E-state index in [0.29, 0.717) is 30.5 Å². The monoisotopic (exact) mass is 321 g/mol. The second-order valence-corrected chi connectivity index (χ2v) is 7.40. The zero-order chi connectivity index (χ0) is 15.0. The summed E-state index contributed by atoms with van der Waals surface area (Å²) in [5.74, 6) is 0. The third-order valence-electron chi connectivity index (χ3n) is 2.74. The Morgan fingerprint density at radius 2 is 2.15 bits per heavy atom. The maximum absolute atomic E-state index is 12.1. The molecular weight excluding hydrogens is 298 g/mol. The molecule has 0 spiro atoms. The first-order chi connectivity index (χ1) is 9.49. The molecule has 0 saturated carbocycles. The minimum absolute atomic E-state index is 0.363. The van der Waals surface area contributed by atoms with Crippen LogP contribution in [0.3, 0.4) is 0 Å². The molecule has 1 heterocycles. The van der Waals surface area contributed by atoms with Crippen molar-refractivity contribution in [2.75, 3.05) is 47.4 Å². The van der Waals surface area contributed by atoms with E-state index >= 15 is 0 Å². The topological polar surface area (TPSA) is 70.7 Å². The summed E-state index contributed by atoms with van der Waals surface area (Å²) in [6.45, 7) is 3.13. The van der Waals surface area contributed by atoms with Crippen LogP contribution in [0.5, 0.6) is 0 Å². The van der Waals surface area contributed by atoms with Crippen LogP contribution in [0.1, 0.15) is 5.56 Å². The van der Waals surface area contributed by atoms with E-state index in [1.54, 1.807) is 13.2 Å². The number of nitrogens with zero attached hydrogens (tertiary/aromatic N) is 1. The number of likely N-dealkylation sites (N-methyl/N-ethyl adjacent to an activating group) is 1. The number of methoxy groups -OCH3 is 1. The van der Waals surface area contributed by atoms with Crippen molar-refractivity contribution in [1.82, 2.24) is 14.9 Å². The average Bonchev–Trinajstić information content (AvgIpc) is 2.86. The first-order valence-electron chi connectivity index (χ1n) is 6.38. The number of hydrogen-bond donors (Lipinski definition) is 2. The lowest BCUT2D eigenvalue weighted by Crippen LogP contribution is -2.34. The third kappa shape index (κ3) is 5.86. The number of thiophene rings is 1. The minimum Gasteiger partial charge on any atom is -0.383 e. The number of nitrogens with one attached hydrogen (secondary N) is 2. The van der Waals surface area contributed by atoms with Crippen molar-refractivity contribution in [3.05, 3.63) is 17.0 Å². The molecule has 0 bridgehead atoms. The van der Waals surface area contributed by atoms with Crippen molar-refractivity contribution in [1.29, 1.82) is 0 Å². The Balaban J connectivity index is 2.44. The van der Waals surface area contributed by atoms with Gasteiger partial charge in [0.05, 0.1) is 6.61 Å². The van der Waals surface area contributed by atoms with Gasteiger partial charge in [0.2, 0.25) is 10.0 Å². The van der Waals surface area contributed by atoms with E-state index in [1.165, 1.54) is 11.3 Å². The lowest BCUT2D eigenvalue weighted by atomic mass is 10.3. The molecule has 0 fully saturated rings. The molecule has 0 unspecified atom stereocenters. The Hall–Kier alpha value is -0.510. The molecule has 20 heavy (non-hydrogen) atoms. The fourth-order valence-corrected chi connectivity index (χ4v) is 3.87. The molecule has 0 amide bonds. The van der Waals surface area contributed by atoms with E-state index in [-0.39, 0.29) is 0 Å². The summed E-state index contributed by atoms with van der Waals surface area (Å²) in [5.41, 5.74) is 0.982. The number of sulfonamides is 1. The molecule has 0 aliphatic rings. The lowest BCUT2D eigenvalue weighted by molar-refractivity contribution is 0.162. The summed E-state index contributed by atoms with van der Waals surface area (Å²) in [6.07, 6.45) is 0. The summed E-state index contributed by atoms with van der Waals surface area (Å²) in [5, 5.41) is 4.86. The quantitative estimate of drug-likeness (QED) is 0.650. The largest absolute Gasteiger partial charge is 0.383 e. The standard InChI is InChI=1S/C12H23N3O3S2/c1-13-9-11-8-12(19-10-11)20(16,17)14-4-5-15(2)6-7-18-3/h8,10,13-14H,4-7,9H2,1-3H3. The smallest absolute Gasteiger partial charge is 0.250 e. The van der Waals surface area contributed by atoms with Crippen LogP contribution in [0.15, 0.2) is 15.7 Å². The van der Waals surface area contributed by atoms with Crippen LogP contribution in [0.4, 0.5) is 0 Å². The van der Waals surface area contributed by atoms with E-state index < -0.39 is 10.0 Å². The predicted molar refractivity (Wildman–Crippen MR) is 81.6 cm³/mol. The fourth-order valence-electron chi connectivity index (χ4n) is 1.59. The summed E-state index contributed by atoms with van der Waals surface area (Å²) in [4.78, 5) is 2.02. The zero-order valence-electron chi connectivity index (χ0n) is 12.2. The molecule has 8 heteroatoms. The Bertz CT molecular complexity index is 488. The van der Waals surface area contributed by atoms with Gasteiger partial charge in [0.15, 0.2) is 0 Å². The third-order valence-corrected chi connectivity index (χ3v) is 5.69. The van der Waals surface area contributed by atoms with Crippen LogP contribution in [-0.2, 0) is 21.3 Å². The summed E-state index contributed by atoms with van der Waals surface area (Å²) in [6, 6.07) is 1.71. The maximum atomic E-state index is 12.1. The SMILES string of the molecule is CNCc1csc(S(=O)(=O)NCCN(C)CCOC)c1. The molecule has 1 aromatic heterocycles. The van der Waals surface area contributed by atoms with E-state index in [9.17, 15) is 8.42 Å². The van der Waals surface area contributed by atoms with Gasteiger partial charge < -0.3 is 15.0 Å². The Morgan fingerprint density at radius 1 is 1.40 bits per heavy atom. The maximum Gasteiger partial charge on any atom is 0.250 e. The highest BCUT2D eigenvalue weighted by atomic mass is 32.2. The predicted octanol–water partition coefficient (Wildman–Crippen LogP) is 0.324. The van der Waals surface area contributed by atoms with Gasteiger partial charge in [-0.2, -0.15) is 0 Å². The summed E-state index contributed by atoms with van der Waals surface area (Å²) in [7, 11) is 2.03. The van der Waals surface area contributed by atoms with Crippen LogP contribution in [0, 0.1) is 0 Å². The van der Waals surface area contributed by atoms with Crippen molar-refractivity contribution in [3.63, 3.8) is 0 Å². The minimum atomic E-state index is -3.39. The van der Waals surface area contributed by atoms with Crippen molar-refractivity contribution >= 4 is 21.4 Å². The highest BCUT2D eigenvalue weighted by molar-refractivity contribution is 7.91. The first-order valence-corrected chi connectivity index (χ1v) is 8.75. The van der Waals surface area contributed by atoms with Gasteiger partial charge in [-0.15, -0.1) is 11.3 Å². The van der Waals surface area contributed by atoms with Crippen LogP contribution in [0.2, 0.25) is 0 Å². The van der Waals surface area contributed by atoms with E-state index in [0.717, 1.165) is 12.1 Å². The van der Waals surface area contributed by atoms with Gasteiger partial charge in [-0.25, -0.2) is 13.1 Å². The highest BCUT2D eigenvalue weighted by Gasteiger charge is 2.16. The fraction of sp³-hybridized carbons (Fsp3) is 0.667. The number of ether oxygens (including phenoxy) is 1. The first kappa shape index (κ1) is 17.5. The molecule has 0 aliphatic heterocycles. The summed E-state index contributed by atoms with van der Waals surface area (Å²) >= 11 is 1.25. The van der Waals surface area contributed by atoms with Crippen molar-refractivity contribution in [2.24, 2.45) is 0 Å². The lowest BCUT2D eigenvalue weighted by Gasteiger charge is -2.15. The molecule has 1 rings (SSSR count). The normalized spacial score (nSPS) is 12.2. The molecular formula is C12H23N3O3S2. The molecule has 0 aromatic carbocycles. The molecule has 0 radical (unpaired) electrons. The van der Waals surface area contributed by atoms with Crippen LogP contribution < -0.4 is 10.0 Å². The van der Waals surface area contributed by atoms with Crippen molar-refractivity contribution in [2.45, 2.75) is 10.8 Å². The van der Waals surface area contributed by atoms with Crippen molar-refractivity contribution in [3.8, 4) is 0 Å². The zero-order valence-corrected chi connectivity index (χ0v) is 13.8. The van der Waals surface area contributed by atoms with E-state index in [4.69, 9.17) is 4.74 Å². The van der Waals surface area contributed by atoms with Crippen LogP contribution in [-0.4, -0.2) is 60.8 Å². The van der Waals surface area contributed by atoms with E-state index in [2.05, 4.69) is 10.0 Å². The molecule has 116 valence electrons. The number of hydrogen-bond acceptors (Lipinski definition) is 6. The number of rotatable bonds is 10. The van der Waals surface area contributed by atoms with Crippen LogP contribution >= 0.6 is 11.3 Å². The summed E-state index contributed by atoms with van der Waals surface area (Å²) < 4.78 is 32.1. The molecule has 0 saturated heterocycles. The molecule has 6 nitrogen and oxygen atoms in total. The Morgan fingerprint density at radius 3 is 2.80 bits per heavy atom. The Kier molecular flexibility index (Phi) is 7.63. The van der Waals surface area contributed by atoms with Crippen LogP contribution in [0.25, 0.3) is 0 Å². The van der Waals surface area contributed by atoms with Gasteiger partial charge in [0.1, 0.15) is 4.21 Å². The average molecular weight is 321 g/mol. The van der Waals surface area contributed by atoms with E-state index in [1.807, 2.05) is 24.4 Å². The molecule has 1 aromatic rings. The second kappa shape index (κ2) is 8.71. The van der Waals surface area contributed by atoms with Gasteiger partial charge in [-0.1, -0.05) is 0 Å². The van der Waals surface area contributed by atoms with Gasteiger partial charge in [-0.05, 0) is 31.1 Å². The van der Waals surface area contributed by atoms with Gasteiger partial charge >= 0.3 is 0 Å². The van der Waals surface area contributed by atoms with Gasteiger partial charge in [0.25, 0.3) is 0 Å². The Labute approximate surface area is 125 Å². The molecule has 2 N–H and O–H groups in total. The second-order valence-electron chi connectivity index (χ2n) is 4.50. The van der Waals surface area contributed by atoms with Gasteiger partial charge in [0, 0.05) is 33.3 Å². The van der Waals surface area contributed by atoms with Gasteiger partial charge in [-0.3, -0.25) is 0 Å². The molecule has 0 aliphatic carbocycles. The van der Waals surface area contributed by atoms with Crippen molar-refractivity contribution < 1.29 is 13.2 Å². The highest BCUT2D eigenvalue weighted by Crippen LogP contribution is 2.19.